The fourth-order valence-corrected chi connectivity index (χ4v) is 4.18. The summed E-state index contributed by atoms with van der Waals surface area (Å²) in [6.45, 7) is 4.22. The topological polar surface area (TPSA) is 64.6 Å². The minimum atomic E-state index is -0.156. The van der Waals surface area contributed by atoms with E-state index < -0.39 is 0 Å². The molecule has 1 atom stereocenters. The molecule has 1 aromatic carbocycles. The van der Waals surface area contributed by atoms with E-state index in [4.69, 9.17) is 0 Å². The molecule has 1 unspecified atom stereocenters. The molecule has 2 aliphatic rings. The largest absolute Gasteiger partial charge is 0.363 e. The molecule has 0 spiro atoms. The van der Waals surface area contributed by atoms with Crippen molar-refractivity contribution in [3.8, 4) is 0 Å². The maximum atomic E-state index is 14.5. The molecular weight excluding hydrogens is 371 g/mol. The number of aromatic nitrogens is 2. The number of hydrogen-bond acceptors (Lipinski definition) is 7. The van der Waals surface area contributed by atoms with Crippen LogP contribution in [0.15, 0.2) is 30.6 Å². The molecule has 8 heteroatoms. The average Bonchev–Trinajstić information content (AvgIpc) is 2.72. The summed E-state index contributed by atoms with van der Waals surface area (Å²) in [7, 11) is 4.03. The van der Waals surface area contributed by atoms with E-state index in [2.05, 4.69) is 30.0 Å². The molecule has 7 nitrogen and oxygen atoms in total. The Balaban J connectivity index is 1.51. The van der Waals surface area contributed by atoms with Gasteiger partial charge in [0.1, 0.15) is 23.8 Å². The molecule has 0 aliphatic carbocycles. The molecule has 1 N–H and O–H groups in total. The average molecular weight is 398 g/mol. The molecule has 1 aromatic heterocycles. The van der Waals surface area contributed by atoms with Crippen molar-refractivity contribution in [1.29, 1.82) is 0 Å². The predicted molar refractivity (Wildman–Crippen MR) is 111 cm³/mol. The first kappa shape index (κ1) is 19.7. The molecule has 0 amide bonds. The highest BCUT2D eigenvalue weighted by Crippen LogP contribution is 2.30. The summed E-state index contributed by atoms with van der Waals surface area (Å²) in [6, 6.07) is 7.04. The second kappa shape index (κ2) is 8.42. The Morgan fingerprint density at radius 2 is 1.93 bits per heavy atom. The van der Waals surface area contributed by atoms with E-state index in [9.17, 15) is 9.18 Å². The minimum absolute atomic E-state index is 0.00379. The van der Waals surface area contributed by atoms with Crippen LogP contribution in [0.2, 0.25) is 0 Å². The van der Waals surface area contributed by atoms with Gasteiger partial charge in [0.25, 0.3) is 0 Å². The first-order valence-corrected chi connectivity index (χ1v) is 10.0. The van der Waals surface area contributed by atoms with Crippen LogP contribution >= 0.6 is 0 Å². The predicted octanol–water partition coefficient (Wildman–Crippen LogP) is 1.58. The quantitative estimate of drug-likeness (QED) is 0.820. The summed E-state index contributed by atoms with van der Waals surface area (Å²) >= 11 is 0. The van der Waals surface area contributed by atoms with Gasteiger partial charge in [-0.3, -0.25) is 9.69 Å². The van der Waals surface area contributed by atoms with Gasteiger partial charge in [-0.2, -0.15) is 0 Å². The summed E-state index contributed by atoms with van der Waals surface area (Å²) in [5.41, 5.74) is 1.63. The number of piperazine rings is 1. The molecule has 0 bridgehead atoms. The number of halogens is 1. The highest BCUT2D eigenvalue weighted by molar-refractivity contribution is 5.90. The number of likely N-dealkylation sites (N-methyl/N-ethyl adjacent to an activating group) is 1. The third-order valence-electron chi connectivity index (χ3n) is 5.61. The Morgan fingerprint density at radius 1 is 1.17 bits per heavy atom. The van der Waals surface area contributed by atoms with Crippen LogP contribution in [0.25, 0.3) is 0 Å². The molecule has 1 saturated heterocycles. The molecule has 0 radical (unpaired) electrons. The van der Waals surface area contributed by atoms with Crippen LogP contribution in [0.3, 0.4) is 0 Å². The Hall–Kier alpha value is -2.58. The van der Waals surface area contributed by atoms with Gasteiger partial charge in [-0.15, -0.1) is 0 Å². The molecule has 2 aromatic rings. The summed E-state index contributed by atoms with van der Waals surface area (Å²) < 4.78 is 14.5. The van der Waals surface area contributed by atoms with E-state index in [1.54, 1.807) is 12.4 Å². The van der Waals surface area contributed by atoms with E-state index in [-0.39, 0.29) is 17.6 Å². The number of carbonyl (C=O) groups is 1. The Kier molecular flexibility index (Phi) is 5.73. The van der Waals surface area contributed by atoms with E-state index in [0.717, 1.165) is 55.5 Å². The van der Waals surface area contributed by atoms with Crippen LogP contribution in [-0.2, 0) is 11.2 Å². The summed E-state index contributed by atoms with van der Waals surface area (Å²) in [4.78, 5) is 27.3. The number of ketones is 1. The molecule has 1 fully saturated rings. The highest BCUT2D eigenvalue weighted by Gasteiger charge is 2.30. The van der Waals surface area contributed by atoms with Crippen LogP contribution in [0.1, 0.15) is 17.2 Å². The first-order valence-electron chi connectivity index (χ1n) is 10.0. The van der Waals surface area contributed by atoms with Gasteiger partial charge >= 0.3 is 0 Å². The van der Waals surface area contributed by atoms with Crippen LogP contribution in [0.5, 0.6) is 0 Å². The van der Waals surface area contributed by atoms with E-state index in [1.807, 2.05) is 26.2 Å². The zero-order chi connectivity index (χ0) is 20.4. The molecule has 0 saturated carbocycles. The number of fused-ring (bicyclic) bond motifs is 1. The van der Waals surface area contributed by atoms with Crippen LogP contribution in [-0.4, -0.2) is 78.9 Å². The van der Waals surface area contributed by atoms with Crippen LogP contribution in [0.4, 0.5) is 16.0 Å². The molecule has 29 heavy (non-hydrogen) atoms. The lowest BCUT2D eigenvalue weighted by Gasteiger charge is -2.41. The lowest BCUT2D eigenvalue weighted by Crippen LogP contribution is -2.50. The number of rotatable bonds is 5. The fraction of sp³-hybridized carbons (Fsp3) is 0.476. The SMILES string of the molecule is CN(C)CC(c1ccccc1F)N1CCN(c2ncnc3c2CC(=O)CN3)CC1. The first-order chi connectivity index (χ1) is 14.0. The van der Waals surface area contributed by atoms with Gasteiger partial charge < -0.3 is 15.1 Å². The van der Waals surface area contributed by atoms with E-state index in [1.165, 1.54) is 6.07 Å². The Bertz CT molecular complexity index is 881. The number of nitrogens with one attached hydrogen (secondary N) is 1. The molecule has 3 heterocycles. The van der Waals surface area contributed by atoms with Gasteiger partial charge in [0.2, 0.25) is 0 Å². The van der Waals surface area contributed by atoms with Gasteiger partial charge in [0.15, 0.2) is 5.78 Å². The van der Waals surface area contributed by atoms with Crippen molar-refractivity contribution in [2.75, 3.05) is 63.6 Å². The molecular formula is C21H27FN6O. The van der Waals surface area contributed by atoms with Gasteiger partial charge in [-0.25, -0.2) is 14.4 Å². The van der Waals surface area contributed by atoms with Crippen molar-refractivity contribution in [3.05, 3.63) is 47.5 Å². The summed E-state index contributed by atoms with van der Waals surface area (Å²) in [6.07, 6.45) is 1.93. The third-order valence-corrected chi connectivity index (χ3v) is 5.61. The molecule has 2 aliphatic heterocycles. The molecule has 4 rings (SSSR count). The monoisotopic (exact) mass is 398 g/mol. The number of hydrogen-bond donors (Lipinski definition) is 1. The molecule has 154 valence electrons. The number of Topliss-reactive ketones (excluding diaryl/α,β-unsaturated/α-hetero) is 1. The lowest BCUT2D eigenvalue weighted by molar-refractivity contribution is -0.117. The Labute approximate surface area is 170 Å². The zero-order valence-electron chi connectivity index (χ0n) is 16.9. The van der Waals surface area contributed by atoms with Crippen molar-refractivity contribution in [2.45, 2.75) is 12.5 Å². The highest BCUT2D eigenvalue weighted by atomic mass is 19.1. The standard InChI is InChI=1S/C21H27FN6O/c1-26(2)13-19(16-5-3-4-6-18(16)22)27-7-9-28(10-8-27)21-17-11-15(29)12-23-20(17)24-14-25-21/h3-6,14,19H,7-13H2,1-2H3,(H,23,24,25). The fourth-order valence-electron chi connectivity index (χ4n) is 4.18. The van der Waals surface area contributed by atoms with Crippen molar-refractivity contribution in [1.82, 2.24) is 19.8 Å². The zero-order valence-corrected chi connectivity index (χ0v) is 16.9. The Morgan fingerprint density at radius 3 is 2.66 bits per heavy atom. The number of anilines is 2. The lowest BCUT2D eigenvalue weighted by atomic mass is 10.0. The second-order valence-corrected chi connectivity index (χ2v) is 7.92. The maximum absolute atomic E-state index is 14.5. The number of carbonyl (C=O) groups excluding carboxylic acids is 1. The maximum Gasteiger partial charge on any atom is 0.156 e. The summed E-state index contributed by atoms with van der Waals surface area (Å²) in [5, 5.41) is 3.08. The summed E-state index contributed by atoms with van der Waals surface area (Å²) in [5.74, 6) is 1.59. The van der Waals surface area contributed by atoms with Crippen molar-refractivity contribution < 1.29 is 9.18 Å². The third kappa shape index (κ3) is 4.23. The van der Waals surface area contributed by atoms with E-state index >= 15 is 0 Å². The smallest absolute Gasteiger partial charge is 0.156 e. The number of benzene rings is 1. The van der Waals surface area contributed by atoms with Crippen LogP contribution < -0.4 is 10.2 Å². The minimum Gasteiger partial charge on any atom is -0.363 e. The van der Waals surface area contributed by atoms with Gasteiger partial charge in [-0.1, -0.05) is 18.2 Å². The number of nitrogens with zero attached hydrogens (tertiary/aromatic N) is 5. The van der Waals surface area contributed by atoms with Gasteiger partial charge in [0.05, 0.1) is 12.6 Å². The van der Waals surface area contributed by atoms with Crippen molar-refractivity contribution in [2.24, 2.45) is 0 Å². The van der Waals surface area contributed by atoms with Crippen molar-refractivity contribution >= 4 is 17.4 Å². The van der Waals surface area contributed by atoms with Crippen molar-refractivity contribution in [3.63, 3.8) is 0 Å². The van der Waals surface area contributed by atoms with Gasteiger partial charge in [0, 0.05) is 50.3 Å². The normalized spacial score (nSPS) is 18.5. The van der Waals surface area contributed by atoms with Gasteiger partial charge in [-0.05, 0) is 20.2 Å². The second-order valence-electron chi connectivity index (χ2n) is 7.92. The van der Waals surface area contributed by atoms with Crippen LogP contribution in [0, 0.1) is 5.82 Å². The van der Waals surface area contributed by atoms with E-state index in [0.29, 0.717) is 13.0 Å².